The Balaban J connectivity index is 3.84. The van der Waals surface area contributed by atoms with Crippen molar-refractivity contribution in [3.8, 4) is 0 Å². The van der Waals surface area contributed by atoms with E-state index in [4.69, 9.17) is 11.1 Å². The van der Waals surface area contributed by atoms with Gasteiger partial charge < -0.3 is 10.6 Å². The number of nitrogens with one attached hydrogen (secondary N) is 1. The second-order valence-electron chi connectivity index (χ2n) is 2.86. The van der Waals surface area contributed by atoms with Crippen molar-refractivity contribution in [1.82, 2.24) is 4.90 Å². The number of hydrogen-bond acceptors (Lipinski definition) is 2. The molecule has 0 amide bonds. The molecule has 0 spiro atoms. The van der Waals surface area contributed by atoms with E-state index in [1.165, 1.54) is 0 Å². The highest BCUT2D eigenvalue weighted by Gasteiger charge is 2.11. The van der Waals surface area contributed by atoms with Crippen LogP contribution in [-0.4, -0.2) is 30.4 Å². The first-order valence-corrected chi connectivity index (χ1v) is 4.14. The van der Waals surface area contributed by atoms with E-state index in [2.05, 4.69) is 25.8 Å². The molecule has 3 N–H and O–H groups in total. The SMILES string of the molecule is CCC(CC(=N)N)N(C)CC. The van der Waals surface area contributed by atoms with Crippen LogP contribution in [-0.2, 0) is 0 Å². The largest absolute Gasteiger partial charge is 0.388 e. The molecule has 0 rings (SSSR count). The molecule has 1 unspecified atom stereocenters. The van der Waals surface area contributed by atoms with Crippen molar-refractivity contribution in [1.29, 1.82) is 5.41 Å². The van der Waals surface area contributed by atoms with E-state index in [0.29, 0.717) is 12.5 Å². The lowest BCUT2D eigenvalue weighted by Crippen LogP contribution is -2.34. The van der Waals surface area contributed by atoms with Crippen LogP contribution in [0.15, 0.2) is 0 Å². The van der Waals surface area contributed by atoms with Crippen LogP contribution in [0.3, 0.4) is 0 Å². The zero-order chi connectivity index (χ0) is 8.85. The van der Waals surface area contributed by atoms with Gasteiger partial charge in [-0.15, -0.1) is 0 Å². The first-order chi connectivity index (χ1) is 5.11. The van der Waals surface area contributed by atoms with Crippen LogP contribution < -0.4 is 5.73 Å². The highest BCUT2D eigenvalue weighted by Crippen LogP contribution is 2.04. The van der Waals surface area contributed by atoms with Crippen molar-refractivity contribution in [3.63, 3.8) is 0 Å². The number of nitrogens with two attached hydrogens (primary N) is 1. The zero-order valence-corrected chi connectivity index (χ0v) is 7.72. The fraction of sp³-hybridized carbons (Fsp3) is 0.875. The van der Waals surface area contributed by atoms with Crippen LogP contribution >= 0.6 is 0 Å². The van der Waals surface area contributed by atoms with E-state index in [-0.39, 0.29) is 5.84 Å². The molecular formula is C8H19N3. The molecule has 0 aliphatic carbocycles. The normalized spacial score (nSPS) is 13.5. The van der Waals surface area contributed by atoms with Crippen molar-refractivity contribution < 1.29 is 0 Å². The first-order valence-electron chi connectivity index (χ1n) is 4.14. The molecule has 3 heteroatoms. The summed E-state index contributed by atoms with van der Waals surface area (Å²) in [4.78, 5) is 2.22. The van der Waals surface area contributed by atoms with Gasteiger partial charge in [-0.3, -0.25) is 5.41 Å². The van der Waals surface area contributed by atoms with Gasteiger partial charge in [0.2, 0.25) is 0 Å². The third-order valence-corrected chi connectivity index (χ3v) is 2.05. The highest BCUT2D eigenvalue weighted by atomic mass is 15.1. The van der Waals surface area contributed by atoms with Gasteiger partial charge in [0.1, 0.15) is 0 Å². The van der Waals surface area contributed by atoms with Gasteiger partial charge in [0, 0.05) is 12.5 Å². The van der Waals surface area contributed by atoms with Gasteiger partial charge in [-0.1, -0.05) is 13.8 Å². The fourth-order valence-corrected chi connectivity index (χ4v) is 1.12. The van der Waals surface area contributed by atoms with E-state index >= 15 is 0 Å². The van der Waals surface area contributed by atoms with Gasteiger partial charge in [-0.25, -0.2) is 0 Å². The predicted octanol–water partition coefficient (Wildman–Crippen LogP) is 1.04. The molecule has 11 heavy (non-hydrogen) atoms. The molecule has 0 bridgehead atoms. The molecule has 0 aromatic carbocycles. The van der Waals surface area contributed by atoms with E-state index in [0.717, 1.165) is 13.0 Å². The Hall–Kier alpha value is -0.570. The second-order valence-corrected chi connectivity index (χ2v) is 2.86. The second kappa shape index (κ2) is 5.13. The van der Waals surface area contributed by atoms with Crippen LogP contribution in [0.4, 0.5) is 0 Å². The van der Waals surface area contributed by atoms with Crippen molar-refractivity contribution in [2.24, 2.45) is 5.73 Å². The average molecular weight is 157 g/mol. The number of rotatable bonds is 5. The number of nitrogens with zero attached hydrogens (tertiary/aromatic N) is 1. The average Bonchev–Trinajstić information content (AvgIpc) is 1.98. The van der Waals surface area contributed by atoms with Crippen LogP contribution in [0.1, 0.15) is 26.7 Å². The van der Waals surface area contributed by atoms with Crippen LogP contribution in [0, 0.1) is 5.41 Å². The summed E-state index contributed by atoms with van der Waals surface area (Å²) in [7, 11) is 2.07. The van der Waals surface area contributed by atoms with Crippen LogP contribution in [0.25, 0.3) is 0 Å². The minimum Gasteiger partial charge on any atom is -0.388 e. The molecule has 0 saturated carbocycles. The Kier molecular flexibility index (Phi) is 4.86. The lowest BCUT2D eigenvalue weighted by atomic mass is 10.1. The third kappa shape index (κ3) is 3.98. The van der Waals surface area contributed by atoms with Crippen molar-refractivity contribution >= 4 is 5.84 Å². The topological polar surface area (TPSA) is 53.1 Å². The maximum atomic E-state index is 7.15. The van der Waals surface area contributed by atoms with Gasteiger partial charge in [0.05, 0.1) is 5.84 Å². The molecular weight excluding hydrogens is 138 g/mol. The molecule has 0 heterocycles. The van der Waals surface area contributed by atoms with Crippen molar-refractivity contribution in [2.75, 3.05) is 13.6 Å². The lowest BCUT2D eigenvalue weighted by Gasteiger charge is -2.24. The van der Waals surface area contributed by atoms with Crippen molar-refractivity contribution in [3.05, 3.63) is 0 Å². The molecule has 3 nitrogen and oxygen atoms in total. The number of amidine groups is 1. The fourth-order valence-electron chi connectivity index (χ4n) is 1.12. The van der Waals surface area contributed by atoms with Gasteiger partial charge in [-0.2, -0.15) is 0 Å². The third-order valence-electron chi connectivity index (χ3n) is 2.05. The smallest absolute Gasteiger partial charge is 0.0921 e. The summed E-state index contributed by atoms with van der Waals surface area (Å²) >= 11 is 0. The summed E-state index contributed by atoms with van der Waals surface area (Å²) in [6.45, 7) is 5.26. The summed E-state index contributed by atoms with van der Waals surface area (Å²) < 4.78 is 0. The van der Waals surface area contributed by atoms with Gasteiger partial charge >= 0.3 is 0 Å². The predicted molar refractivity (Wildman–Crippen MR) is 48.9 cm³/mol. The maximum Gasteiger partial charge on any atom is 0.0921 e. The summed E-state index contributed by atoms with van der Waals surface area (Å²) in [6.07, 6.45) is 1.75. The molecule has 0 aliphatic heterocycles. The Bertz CT molecular complexity index is 123. The van der Waals surface area contributed by atoms with Crippen LogP contribution in [0.2, 0.25) is 0 Å². The van der Waals surface area contributed by atoms with Crippen LogP contribution in [0.5, 0.6) is 0 Å². The summed E-state index contributed by atoms with van der Waals surface area (Å²) in [6, 6.07) is 0.442. The molecule has 0 fully saturated rings. The molecule has 0 radical (unpaired) electrons. The molecule has 0 aliphatic rings. The monoisotopic (exact) mass is 157 g/mol. The Morgan fingerprint density at radius 1 is 1.55 bits per heavy atom. The van der Waals surface area contributed by atoms with E-state index in [1.54, 1.807) is 0 Å². The minimum absolute atomic E-state index is 0.289. The summed E-state index contributed by atoms with van der Waals surface area (Å²) in [5.74, 6) is 0.289. The summed E-state index contributed by atoms with van der Waals surface area (Å²) in [5, 5.41) is 7.15. The Morgan fingerprint density at radius 3 is 2.36 bits per heavy atom. The first kappa shape index (κ1) is 10.4. The lowest BCUT2D eigenvalue weighted by molar-refractivity contribution is 0.253. The molecule has 0 saturated heterocycles. The molecule has 66 valence electrons. The van der Waals surface area contributed by atoms with E-state index in [9.17, 15) is 0 Å². The number of hydrogen-bond donors (Lipinski definition) is 2. The highest BCUT2D eigenvalue weighted by molar-refractivity contribution is 5.77. The van der Waals surface area contributed by atoms with Gasteiger partial charge in [0.15, 0.2) is 0 Å². The van der Waals surface area contributed by atoms with Gasteiger partial charge in [-0.05, 0) is 20.0 Å². The Labute approximate surface area is 69.1 Å². The summed E-state index contributed by atoms with van der Waals surface area (Å²) in [5.41, 5.74) is 5.32. The standard InChI is InChI=1S/C8H19N3/c1-4-7(6-8(9)10)11(3)5-2/h7H,4-6H2,1-3H3,(H3,9,10). The maximum absolute atomic E-state index is 7.15. The molecule has 0 aromatic rings. The Morgan fingerprint density at radius 2 is 2.09 bits per heavy atom. The van der Waals surface area contributed by atoms with Crippen molar-refractivity contribution in [2.45, 2.75) is 32.7 Å². The quantitative estimate of drug-likeness (QED) is 0.463. The van der Waals surface area contributed by atoms with E-state index in [1.807, 2.05) is 0 Å². The minimum atomic E-state index is 0.289. The molecule has 0 aromatic heterocycles. The molecule has 1 atom stereocenters. The zero-order valence-electron chi connectivity index (χ0n) is 7.72. The van der Waals surface area contributed by atoms with E-state index < -0.39 is 0 Å². The van der Waals surface area contributed by atoms with Gasteiger partial charge in [0.25, 0.3) is 0 Å².